The second-order valence-electron chi connectivity index (χ2n) is 9.23. The molecule has 9 nitrogen and oxygen atoms in total. The lowest BCUT2D eigenvalue weighted by atomic mass is 9.95. The molecule has 0 aliphatic carbocycles. The maximum atomic E-state index is 13.5. The number of hydrogen-bond acceptors (Lipinski definition) is 6. The summed E-state index contributed by atoms with van der Waals surface area (Å²) in [5, 5.41) is 11.8. The van der Waals surface area contributed by atoms with Crippen LogP contribution in [0.2, 0.25) is 0 Å². The fourth-order valence-electron chi connectivity index (χ4n) is 4.44. The summed E-state index contributed by atoms with van der Waals surface area (Å²) in [6, 6.07) is 18.8. The van der Waals surface area contributed by atoms with Gasteiger partial charge in [0.2, 0.25) is 0 Å². The number of likely N-dealkylation sites (tertiary alicyclic amines) is 1. The number of ether oxygens (including phenoxy) is 1. The molecule has 0 unspecified atom stereocenters. The number of benzene rings is 3. The highest BCUT2D eigenvalue weighted by atomic mass is 16.5. The molecule has 1 fully saturated rings. The van der Waals surface area contributed by atoms with Crippen LogP contribution in [0.25, 0.3) is 11.1 Å². The van der Waals surface area contributed by atoms with E-state index >= 15 is 0 Å². The zero-order chi connectivity index (χ0) is 27.2. The topological polar surface area (TPSA) is 125 Å². The highest BCUT2D eigenvalue weighted by Crippen LogP contribution is 2.28. The molecule has 0 saturated carbocycles. The molecule has 0 aromatic heterocycles. The third-order valence-electron chi connectivity index (χ3n) is 6.65. The Morgan fingerprint density at radius 2 is 1.42 bits per heavy atom. The van der Waals surface area contributed by atoms with Crippen molar-refractivity contribution >= 4 is 29.4 Å². The van der Waals surface area contributed by atoms with Gasteiger partial charge in [-0.1, -0.05) is 29.8 Å². The molecule has 3 amide bonds. The summed E-state index contributed by atoms with van der Waals surface area (Å²) in [6.07, 6.45) is 1.03. The number of aryl methyl sites for hydroxylation is 1. The lowest BCUT2D eigenvalue weighted by Gasteiger charge is -2.31. The third kappa shape index (κ3) is 6.07. The minimum Gasteiger partial charge on any atom is -0.469 e. The van der Waals surface area contributed by atoms with Gasteiger partial charge in [-0.2, -0.15) is 0 Å². The van der Waals surface area contributed by atoms with E-state index in [9.17, 15) is 19.2 Å². The van der Waals surface area contributed by atoms with Gasteiger partial charge >= 0.3 is 5.97 Å². The molecule has 4 rings (SSSR count). The van der Waals surface area contributed by atoms with E-state index in [2.05, 4.69) is 5.32 Å². The fourth-order valence-corrected chi connectivity index (χ4v) is 4.44. The van der Waals surface area contributed by atoms with Crippen molar-refractivity contribution in [2.24, 2.45) is 5.92 Å². The van der Waals surface area contributed by atoms with E-state index in [1.54, 1.807) is 65.0 Å². The average Bonchev–Trinajstić information content (AvgIpc) is 2.96. The fraction of sp³-hybridized carbons (Fsp3) is 0.241. The summed E-state index contributed by atoms with van der Waals surface area (Å²) in [5.41, 5.74) is 5.59. The van der Waals surface area contributed by atoms with Crippen molar-refractivity contribution in [3.8, 4) is 11.1 Å². The quantitative estimate of drug-likeness (QED) is 0.258. The average molecular weight is 516 g/mol. The first-order valence-corrected chi connectivity index (χ1v) is 12.2. The summed E-state index contributed by atoms with van der Waals surface area (Å²) in [7, 11) is 1.36. The number of nitrogens with zero attached hydrogens (tertiary/aromatic N) is 1. The number of rotatable bonds is 6. The number of anilines is 1. The van der Waals surface area contributed by atoms with Crippen molar-refractivity contribution in [2.45, 2.75) is 19.8 Å². The lowest BCUT2D eigenvalue weighted by Crippen LogP contribution is -2.40. The van der Waals surface area contributed by atoms with Crippen LogP contribution in [0.5, 0.6) is 0 Å². The summed E-state index contributed by atoms with van der Waals surface area (Å²) < 4.78 is 4.84. The van der Waals surface area contributed by atoms with Crippen LogP contribution in [0.3, 0.4) is 0 Å². The van der Waals surface area contributed by atoms with E-state index in [4.69, 9.17) is 9.94 Å². The molecule has 0 spiro atoms. The van der Waals surface area contributed by atoms with Gasteiger partial charge in [0.05, 0.1) is 13.0 Å². The molecular formula is C29H29N3O6. The van der Waals surface area contributed by atoms with E-state index in [0.29, 0.717) is 53.9 Å². The van der Waals surface area contributed by atoms with Gasteiger partial charge < -0.3 is 15.0 Å². The molecule has 3 aromatic carbocycles. The number of nitrogens with one attached hydrogen (secondary N) is 2. The molecule has 1 heterocycles. The molecule has 38 heavy (non-hydrogen) atoms. The van der Waals surface area contributed by atoms with Crippen molar-refractivity contribution in [1.82, 2.24) is 10.4 Å². The number of carbonyl (C=O) groups excluding carboxylic acids is 4. The minimum atomic E-state index is -0.637. The Labute approximate surface area is 220 Å². The number of piperidine rings is 1. The minimum absolute atomic E-state index is 0.211. The van der Waals surface area contributed by atoms with E-state index in [-0.39, 0.29) is 29.3 Å². The lowest BCUT2D eigenvalue weighted by molar-refractivity contribution is -0.146. The van der Waals surface area contributed by atoms with Crippen LogP contribution in [-0.4, -0.2) is 54.0 Å². The number of carbonyl (C=O) groups is 4. The van der Waals surface area contributed by atoms with Crippen LogP contribution in [0.15, 0.2) is 66.7 Å². The summed E-state index contributed by atoms with van der Waals surface area (Å²) in [4.78, 5) is 51.7. The highest BCUT2D eigenvalue weighted by molar-refractivity contribution is 6.06. The first-order valence-electron chi connectivity index (χ1n) is 12.2. The van der Waals surface area contributed by atoms with Gasteiger partial charge in [-0.15, -0.1) is 0 Å². The molecule has 9 heteroatoms. The Morgan fingerprint density at radius 3 is 2.03 bits per heavy atom. The Kier molecular flexibility index (Phi) is 8.18. The van der Waals surface area contributed by atoms with Gasteiger partial charge in [-0.25, -0.2) is 5.48 Å². The molecule has 1 saturated heterocycles. The Morgan fingerprint density at radius 1 is 0.816 bits per heavy atom. The molecule has 0 radical (unpaired) electrons. The van der Waals surface area contributed by atoms with Crippen LogP contribution < -0.4 is 10.8 Å². The van der Waals surface area contributed by atoms with Crippen LogP contribution in [0.4, 0.5) is 5.69 Å². The first-order chi connectivity index (χ1) is 18.3. The maximum absolute atomic E-state index is 13.5. The molecule has 1 aliphatic rings. The second kappa shape index (κ2) is 11.7. The molecule has 196 valence electrons. The van der Waals surface area contributed by atoms with Crippen molar-refractivity contribution in [2.75, 3.05) is 25.5 Å². The number of hydroxylamine groups is 1. The maximum Gasteiger partial charge on any atom is 0.308 e. The van der Waals surface area contributed by atoms with E-state index in [0.717, 1.165) is 5.56 Å². The van der Waals surface area contributed by atoms with Gasteiger partial charge in [0.25, 0.3) is 17.7 Å². The largest absolute Gasteiger partial charge is 0.469 e. The Hall–Kier alpha value is -4.50. The highest BCUT2D eigenvalue weighted by Gasteiger charge is 2.28. The molecule has 0 bridgehead atoms. The molecule has 3 N–H and O–H groups in total. The van der Waals surface area contributed by atoms with Crippen LogP contribution >= 0.6 is 0 Å². The van der Waals surface area contributed by atoms with E-state index < -0.39 is 5.91 Å². The van der Waals surface area contributed by atoms with Crippen molar-refractivity contribution < 1.29 is 29.1 Å². The van der Waals surface area contributed by atoms with Crippen LogP contribution in [-0.2, 0) is 9.53 Å². The molecule has 0 atom stereocenters. The Bertz CT molecular complexity index is 1340. The number of amides is 3. The smallest absolute Gasteiger partial charge is 0.308 e. The zero-order valence-electron chi connectivity index (χ0n) is 21.2. The summed E-state index contributed by atoms with van der Waals surface area (Å²) in [5.74, 6) is -1.65. The number of hydrogen-bond donors (Lipinski definition) is 3. The molecule has 1 aliphatic heterocycles. The second-order valence-corrected chi connectivity index (χ2v) is 9.23. The predicted octanol–water partition coefficient (Wildman–Crippen LogP) is 4.06. The molecule has 3 aromatic rings. The van der Waals surface area contributed by atoms with Gasteiger partial charge in [-0.3, -0.25) is 24.4 Å². The third-order valence-corrected chi connectivity index (χ3v) is 6.65. The number of esters is 1. The van der Waals surface area contributed by atoms with Crippen molar-refractivity contribution in [3.05, 3.63) is 89.0 Å². The summed E-state index contributed by atoms with van der Waals surface area (Å²) in [6.45, 7) is 2.77. The number of methoxy groups -OCH3 is 1. The monoisotopic (exact) mass is 515 g/mol. The van der Waals surface area contributed by atoms with E-state index in [1.165, 1.54) is 7.11 Å². The molecular weight excluding hydrogens is 486 g/mol. The van der Waals surface area contributed by atoms with Gasteiger partial charge in [0.1, 0.15) is 0 Å². The predicted molar refractivity (Wildman–Crippen MR) is 141 cm³/mol. The van der Waals surface area contributed by atoms with Crippen molar-refractivity contribution in [3.63, 3.8) is 0 Å². The first kappa shape index (κ1) is 26.6. The normalized spacial score (nSPS) is 13.5. The zero-order valence-corrected chi connectivity index (χ0v) is 21.2. The van der Waals surface area contributed by atoms with Crippen LogP contribution in [0, 0.1) is 12.8 Å². The Balaban J connectivity index is 1.63. The van der Waals surface area contributed by atoms with Crippen LogP contribution in [0.1, 0.15) is 49.5 Å². The van der Waals surface area contributed by atoms with Gasteiger partial charge in [0.15, 0.2) is 0 Å². The van der Waals surface area contributed by atoms with E-state index in [1.807, 2.05) is 19.1 Å². The standard InChI is InChI=1S/C29H29N3O6/c1-18-3-5-20(6-4-18)26(33)30-25-16-23(19-7-9-21(10-8-19)27(34)31-37)15-24(17-25)28(35)32-13-11-22(12-14-32)29(36)38-2/h3-10,15-17,22,37H,11-14H2,1-2H3,(H,30,33)(H,31,34). The van der Waals surface area contributed by atoms with Gasteiger partial charge in [0, 0.05) is 35.5 Å². The SMILES string of the molecule is COC(=O)C1CCN(C(=O)c2cc(NC(=O)c3ccc(C)cc3)cc(-c3ccc(C(=O)NO)cc3)c2)CC1. The van der Waals surface area contributed by atoms with Gasteiger partial charge in [-0.05, 0) is 73.4 Å². The van der Waals surface area contributed by atoms with Crippen molar-refractivity contribution in [1.29, 1.82) is 0 Å². The summed E-state index contributed by atoms with van der Waals surface area (Å²) >= 11 is 0.